The predicted molar refractivity (Wildman–Crippen MR) is 119 cm³/mol. The molecule has 1 heterocycles. The van der Waals surface area contributed by atoms with Gasteiger partial charge in [0, 0.05) is 13.1 Å². The number of hydrogen-bond donors (Lipinski definition) is 2. The monoisotopic (exact) mass is 458 g/mol. The van der Waals surface area contributed by atoms with E-state index in [0.717, 1.165) is 31.5 Å². The van der Waals surface area contributed by atoms with Crippen LogP contribution in [0.2, 0.25) is 0 Å². The average Bonchev–Trinajstić information content (AvgIpc) is 2.60. The molecule has 5 heteroatoms. The van der Waals surface area contributed by atoms with Gasteiger partial charge in [-0.15, -0.1) is 24.0 Å². The summed E-state index contributed by atoms with van der Waals surface area (Å²) in [5, 5.41) is 6.92. The van der Waals surface area contributed by atoms with Crippen LogP contribution in [-0.4, -0.2) is 43.6 Å². The first-order chi connectivity index (χ1) is 11.7. The van der Waals surface area contributed by atoms with E-state index < -0.39 is 0 Å². The van der Waals surface area contributed by atoms with Gasteiger partial charge in [0.05, 0.1) is 6.54 Å². The van der Waals surface area contributed by atoms with Gasteiger partial charge in [-0.2, -0.15) is 0 Å². The van der Waals surface area contributed by atoms with Gasteiger partial charge in [-0.3, -0.25) is 0 Å². The summed E-state index contributed by atoms with van der Waals surface area (Å²) in [5.41, 5.74) is 2.60. The van der Waals surface area contributed by atoms with Crippen molar-refractivity contribution in [2.45, 2.75) is 46.6 Å². The minimum Gasteiger partial charge on any atom is -0.357 e. The number of halogens is 1. The Morgan fingerprint density at radius 1 is 1.16 bits per heavy atom. The second kappa shape index (κ2) is 12.5. The summed E-state index contributed by atoms with van der Waals surface area (Å²) >= 11 is 0. The van der Waals surface area contributed by atoms with E-state index in [2.05, 4.69) is 60.6 Å². The third-order valence-electron chi connectivity index (χ3n) is 4.82. The summed E-state index contributed by atoms with van der Waals surface area (Å²) in [7, 11) is 0. The molecule has 0 atom stereocenters. The van der Waals surface area contributed by atoms with Gasteiger partial charge in [-0.05, 0) is 69.8 Å². The van der Waals surface area contributed by atoms with Gasteiger partial charge < -0.3 is 15.5 Å². The molecule has 1 aromatic rings. The molecule has 0 unspecified atom stereocenters. The maximum atomic E-state index is 4.76. The summed E-state index contributed by atoms with van der Waals surface area (Å²) in [6, 6.07) is 8.47. The highest BCUT2D eigenvalue weighted by Crippen LogP contribution is 2.16. The Balaban J connectivity index is 0.00000312. The fourth-order valence-electron chi connectivity index (χ4n) is 3.26. The van der Waals surface area contributed by atoms with E-state index in [1.807, 2.05) is 0 Å². The Bertz CT molecular complexity index is 510. The Morgan fingerprint density at radius 2 is 1.88 bits per heavy atom. The van der Waals surface area contributed by atoms with Crippen molar-refractivity contribution in [3.05, 3.63) is 35.4 Å². The predicted octanol–water partition coefficient (Wildman–Crippen LogP) is 3.79. The van der Waals surface area contributed by atoms with Crippen LogP contribution in [0.25, 0.3) is 0 Å². The number of aliphatic imine (C=N–C) groups is 1. The SMILES string of the molecule is CCCN1CCC(CNC(=NCc2ccccc2C)NCC)CC1.I. The van der Waals surface area contributed by atoms with Crippen LogP contribution in [0.3, 0.4) is 0 Å². The Hall–Kier alpha value is -0.820. The summed E-state index contributed by atoms with van der Waals surface area (Å²) in [6.07, 6.45) is 3.85. The topological polar surface area (TPSA) is 39.7 Å². The first-order valence-corrected chi connectivity index (χ1v) is 9.52. The van der Waals surface area contributed by atoms with Crippen LogP contribution in [0.15, 0.2) is 29.3 Å². The lowest BCUT2D eigenvalue weighted by Gasteiger charge is -2.32. The van der Waals surface area contributed by atoms with Crippen molar-refractivity contribution in [2.75, 3.05) is 32.7 Å². The van der Waals surface area contributed by atoms with Crippen LogP contribution in [0.4, 0.5) is 0 Å². The molecular formula is C20H35IN4. The van der Waals surface area contributed by atoms with Crippen molar-refractivity contribution in [1.29, 1.82) is 0 Å². The van der Waals surface area contributed by atoms with E-state index in [1.54, 1.807) is 0 Å². The molecule has 0 radical (unpaired) electrons. The lowest BCUT2D eigenvalue weighted by molar-refractivity contribution is 0.185. The molecule has 1 aromatic carbocycles. The van der Waals surface area contributed by atoms with Gasteiger partial charge in [0.25, 0.3) is 0 Å². The van der Waals surface area contributed by atoms with Crippen LogP contribution in [0.5, 0.6) is 0 Å². The lowest BCUT2D eigenvalue weighted by atomic mass is 9.97. The normalized spacial score (nSPS) is 16.4. The molecule has 0 saturated carbocycles. The number of piperidine rings is 1. The lowest BCUT2D eigenvalue weighted by Crippen LogP contribution is -2.43. The van der Waals surface area contributed by atoms with Gasteiger partial charge in [-0.1, -0.05) is 31.2 Å². The molecule has 142 valence electrons. The molecule has 1 aliphatic rings. The minimum absolute atomic E-state index is 0. The van der Waals surface area contributed by atoms with E-state index >= 15 is 0 Å². The van der Waals surface area contributed by atoms with Crippen molar-refractivity contribution in [3.8, 4) is 0 Å². The summed E-state index contributed by atoms with van der Waals surface area (Å²) < 4.78 is 0. The standard InChI is InChI=1S/C20H34N4.HI/c1-4-12-24-13-10-18(11-14-24)15-22-20(21-5-2)23-16-19-9-7-6-8-17(19)3;/h6-9,18H,4-5,10-16H2,1-3H3,(H2,21,22,23);1H. The highest BCUT2D eigenvalue weighted by Gasteiger charge is 2.18. The fraction of sp³-hybridized carbons (Fsp3) is 0.650. The minimum atomic E-state index is 0. The van der Waals surface area contributed by atoms with Gasteiger partial charge >= 0.3 is 0 Å². The third-order valence-corrected chi connectivity index (χ3v) is 4.82. The highest BCUT2D eigenvalue weighted by molar-refractivity contribution is 14.0. The number of rotatable bonds is 7. The van der Waals surface area contributed by atoms with E-state index in [1.165, 1.54) is 50.0 Å². The zero-order valence-electron chi connectivity index (χ0n) is 16.1. The zero-order chi connectivity index (χ0) is 17.2. The molecule has 0 amide bonds. The van der Waals surface area contributed by atoms with Crippen molar-refractivity contribution in [1.82, 2.24) is 15.5 Å². The maximum Gasteiger partial charge on any atom is 0.191 e. The average molecular weight is 458 g/mol. The summed E-state index contributed by atoms with van der Waals surface area (Å²) in [4.78, 5) is 7.35. The smallest absolute Gasteiger partial charge is 0.191 e. The van der Waals surface area contributed by atoms with Gasteiger partial charge in [0.15, 0.2) is 5.96 Å². The van der Waals surface area contributed by atoms with Crippen molar-refractivity contribution < 1.29 is 0 Å². The molecule has 0 bridgehead atoms. The number of benzene rings is 1. The molecule has 1 fully saturated rings. The van der Waals surface area contributed by atoms with Crippen molar-refractivity contribution in [2.24, 2.45) is 10.9 Å². The number of nitrogens with zero attached hydrogens (tertiary/aromatic N) is 2. The van der Waals surface area contributed by atoms with E-state index in [-0.39, 0.29) is 24.0 Å². The molecule has 2 rings (SSSR count). The van der Waals surface area contributed by atoms with Crippen molar-refractivity contribution in [3.63, 3.8) is 0 Å². The molecule has 25 heavy (non-hydrogen) atoms. The van der Waals surface area contributed by atoms with E-state index in [0.29, 0.717) is 0 Å². The van der Waals surface area contributed by atoms with Crippen LogP contribution >= 0.6 is 24.0 Å². The molecule has 4 nitrogen and oxygen atoms in total. The van der Waals surface area contributed by atoms with Crippen LogP contribution < -0.4 is 10.6 Å². The van der Waals surface area contributed by atoms with E-state index in [9.17, 15) is 0 Å². The number of aryl methyl sites for hydroxylation is 1. The molecule has 1 aliphatic heterocycles. The third kappa shape index (κ3) is 7.94. The number of hydrogen-bond acceptors (Lipinski definition) is 2. The van der Waals surface area contributed by atoms with Gasteiger partial charge in [0.2, 0.25) is 0 Å². The van der Waals surface area contributed by atoms with Gasteiger partial charge in [0.1, 0.15) is 0 Å². The first kappa shape index (κ1) is 22.2. The van der Waals surface area contributed by atoms with Crippen LogP contribution in [-0.2, 0) is 6.54 Å². The quantitative estimate of drug-likeness (QED) is 0.371. The molecule has 0 aliphatic carbocycles. The summed E-state index contributed by atoms with van der Waals surface area (Å²) in [5.74, 6) is 1.71. The molecule has 1 saturated heterocycles. The van der Waals surface area contributed by atoms with Crippen LogP contribution in [0.1, 0.15) is 44.2 Å². The second-order valence-electron chi connectivity index (χ2n) is 6.79. The number of guanidine groups is 1. The molecular weight excluding hydrogens is 423 g/mol. The molecule has 0 spiro atoms. The summed E-state index contributed by atoms with van der Waals surface area (Å²) in [6.45, 7) is 12.9. The first-order valence-electron chi connectivity index (χ1n) is 9.52. The zero-order valence-corrected chi connectivity index (χ0v) is 18.4. The highest BCUT2D eigenvalue weighted by atomic mass is 127. The Morgan fingerprint density at radius 3 is 2.52 bits per heavy atom. The van der Waals surface area contributed by atoms with Gasteiger partial charge in [-0.25, -0.2) is 4.99 Å². The maximum absolute atomic E-state index is 4.76. The Labute approximate surface area is 170 Å². The Kier molecular flexibility index (Phi) is 11.1. The second-order valence-corrected chi connectivity index (χ2v) is 6.79. The number of nitrogens with one attached hydrogen (secondary N) is 2. The van der Waals surface area contributed by atoms with E-state index in [4.69, 9.17) is 4.99 Å². The molecule has 0 aromatic heterocycles. The molecule has 2 N–H and O–H groups in total. The van der Waals surface area contributed by atoms with Crippen molar-refractivity contribution >= 4 is 29.9 Å². The largest absolute Gasteiger partial charge is 0.357 e. The number of likely N-dealkylation sites (tertiary alicyclic amines) is 1. The van der Waals surface area contributed by atoms with Crippen LogP contribution in [0, 0.1) is 12.8 Å². The fourth-order valence-corrected chi connectivity index (χ4v) is 3.26.